The molecule has 1 aromatic carbocycles. The number of aryl methyl sites for hydroxylation is 3. The molecule has 4 rings (SSSR count). The van der Waals surface area contributed by atoms with Crippen LogP contribution in [0.3, 0.4) is 0 Å². The fourth-order valence-electron chi connectivity index (χ4n) is 3.42. The van der Waals surface area contributed by atoms with Crippen molar-refractivity contribution in [2.75, 3.05) is 0 Å². The summed E-state index contributed by atoms with van der Waals surface area (Å²) in [6.45, 7) is 9.76. The molecule has 0 atom stereocenters. The number of ether oxygens (including phenoxy) is 1. The van der Waals surface area contributed by atoms with Crippen molar-refractivity contribution in [1.82, 2.24) is 24.5 Å². The number of halogens is 1. The van der Waals surface area contributed by atoms with Crippen LogP contribution in [0.4, 0.5) is 0 Å². The van der Waals surface area contributed by atoms with Crippen molar-refractivity contribution < 1.29 is 9.15 Å². The van der Waals surface area contributed by atoms with Gasteiger partial charge in [-0.25, -0.2) is 15.0 Å². The topological polar surface area (TPSA) is 95.9 Å². The Labute approximate surface area is 199 Å². The molecule has 9 heteroatoms. The first-order valence-electron chi connectivity index (χ1n) is 10.5. The van der Waals surface area contributed by atoms with Crippen LogP contribution in [0.15, 0.2) is 50.4 Å². The number of hydrogen-bond donors (Lipinski definition) is 0. The van der Waals surface area contributed by atoms with Crippen molar-refractivity contribution in [2.45, 2.75) is 47.1 Å². The standard InChI is InChI=1S/C24H24BrN5O3/c1-13(2)22-26-10-14(3)21(29-22)17-7-6-8-19(9-17)30-15(4)27-23(20(25)24(30)31)33-12-18-11-32-16(5)28-18/h6-11,13H,12H2,1-5H3. The number of benzene rings is 1. The molecule has 0 amide bonds. The zero-order valence-electron chi connectivity index (χ0n) is 19.1. The minimum Gasteiger partial charge on any atom is -0.470 e. The Hall–Kier alpha value is -3.33. The average molecular weight is 510 g/mol. The van der Waals surface area contributed by atoms with Gasteiger partial charge in [-0.15, -0.1) is 0 Å². The molecule has 33 heavy (non-hydrogen) atoms. The van der Waals surface area contributed by atoms with Crippen LogP contribution in [0.1, 0.15) is 48.6 Å². The van der Waals surface area contributed by atoms with Crippen molar-refractivity contribution in [3.8, 4) is 22.8 Å². The first-order valence-corrected chi connectivity index (χ1v) is 11.3. The average Bonchev–Trinajstić information content (AvgIpc) is 3.21. The van der Waals surface area contributed by atoms with Crippen LogP contribution in [0.2, 0.25) is 0 Å². The zero-order valence-corrected chi connectivity index (χ0v) is 20.7. The molecule has 0 unspecified atom stereocenters. The van der Waals surface area contributed by atoms with E-state index in [-0.39, 0.29) is 28.4 Å². The van der Waals surface area contributed by atoms with Crippen molar-refractivity contribution in [3.63, 3.8) is 0 Å². The van der Waals surface area contributed by atoms with Crippen LogP contribution in [-0.4, -0.2) is 24.5 Å². The summed E-state index contributed by atoms with van der Waals surface area (Å²) in [7, 11) is 0. The van der Waals surface area contributed by atoms with E-state index in [0.717, 1.165) is 22.6 Å². The molecule has 8 nitrogen and oxygen atoms in total. The second kappa shape index (κ2) is 9.27. The largest absolute Gasteiger partial charge is 0.470 e. The predicted octanol–water partition coefficient (Wildman–Crippen LogP) is 5.07. The quantitative estimate of drug-likeness (QED) is 0.358. The maximum atomic E-state index is 13.2. The summed E-state index contributed by atoms with van der Waals surface area (Å²) in [6.07, 6.45) is 3.35. The van der Waals surface area contributed by atoms with Crippen LogP contribution in [0, 0.1) is 20.8 Å². The SMILES string of the molecule is Cc1nc(COc2nc(C)n(-c3cccc(-c4nc(C(C)C)ncc4C)c3)c(=O)c2Br)co1. The molecule has 0 N–H and O–H groups in total. The van der Waals surface area contributed by atoms with E-state index in [9.17, 15) is 4.79 Å². The van der Waals surface area contributed by atoms with Crippen LogP contribution < -0.4 is 10.3 Å². The lowest BCUT2D eigenvalue weighted by molar-refractivity contribution is 0.284. The molecular formula is C24H24BrN5O3. The summed E-state index contributed by atoms with van der Waals surface area (Å²) in [5.74, 6) is 2.24. The van der Waals surface area contributed by atoms with Crippen molar-refractivity contribution in [2.24, 2.45) is 0 Å². The third-order valence-corrected chi connectivity index (χ3v) is 5.75. The van der Waals surface area contributed by atoms with E-state index in [1.165, 1.54) is 6.26 Å². The molecule has 0 aliphatic heterocycles. The molecule has 4 aromatic rings. The summed E-state index contributed by atoms with van der Waals surface area (Å²) in [6, 6.07) is 7.67. The molecule has 0 spiro atoms. The monoisotopic (exact) mass is 509 g/mol. The highest BCUT2D eigenvalue weighted by molar-refractivity contribution is 9.10. The van der Waals surface area contributed by atoms with Gasteiger partial charge in [-0.2, -0.15) is 4.98 Å². The minimum absolute atomic E-state index is 0.145. The maximum Gasteiger partial charge on any atom is 0.276 e. The van der Waals surface area contributed by atoms with Gasteiger partial charge in [0.25, 0.3) is 5.56 Å². The van der Waals surface area contributed by atoms with E-state index in [0.29, 0.717) is 23.1 Å². The molecule has 0 saturated heterocycles. The van der Waals surface area contributed by atoms with Crippen molar-refractivity contribution in [1.29, 1.82) is 0 Å². The molecule has 3 heterocycles. The summed E-state index contributed by atoms with van der Waals surface area (Å²) < 4.78 is 12.7. The van der Waals surface area contributed by atoms with Crippen molar-refractivity contribution >= 4 is 15.9 Å². The Morgan fingerprint density at radius 1 is 1.15 bits per heavy atom. The molecule has 0 saturated carbocycles. The van der Waals surface area contributed by atoms with Gasteiger partial charge in [0.05, 0.1) is 11.4 Å². The maximum absolute atomic E-state index is 13.2. The van der Waals surface area contributed by atoms with E-state index in [4.69, 9.17) is 14.1 Å². The van der Waals surface area contributed by atoms with Gasteiger partial charge in [0.1, 0.15) is 34.7 Å². The van der Waals surface area contributed by atoms with E-state index in [2.05, 4.69) is 44.7 Å². The Kier molecular flexibility index (Phi) is 6.42. The predicted molar refractivity (Wildman–Crippen MR) is 128 cm³/mol. The van der Waals surface area contributed by atoms with Crippen LogP contribution in [0.5, 0.6) is 5.88 Å². The van der Waals surface area contributed by atoms with Crippen molar-refractivity contribution in [3.05, 3.63) is 80.3 Å². The van der Waals surface area contributed by atoms with Gasteiger partial charge in [-0.1, -0.05) is 26.0 Å². The van der Waals surface area contributed by atoms with E-state index in [1.54, 1.807) is 18.4 Å². The Morgan fingerprint density at radius 3 is 2.64 bits per heavy atom. The van der Waals surface area contributed by atoms with Gasteiger partial charge in [-0.3, -0.25) is 9.36 Å². The first-order chi connectivity index (χ1) is 15.7. The van der Waals surface area contributed by atoms with E-state index < -0.39 is 0 Å². The van der Waals surface area contributed by atoms with Gasteiger partial charge < -0.3 is 9.15 Å². The third kappa shape index (κ3) is 4.73. The van der Waals surface area contributed by atoms with E-state index in [1.807, 2.05) is 37.4 Å². The Balaban J connectivity index is 1.71. The zero-order chi connectivity index (χ0) is 23.7. The molecule has 0 fully saturated rings. The molecule has 170 valence electrons. The lowest BCUT2D eigenvalue weighted by Crippen LogP contribution is -2.23. The number of hydrogen-bond acceptors (Lipinski definition) is 7. The molecule has 0 aliphatic carbocycles. The highest BCUT2D eigenvalue weighted by Crippen LogP contribution is 2.26. The van der Waals surface area contributed by atoms with Gasteiger partial charge >= 0.3 is 0 Å². The molecular weight excluding hydrogens is 486 g/mol. The van der Waals surface area contributed by atoms with Crippen LogP contribution in [-0.2, 0) is 6.61 Å². The molecule has 0 aliphatic rings. The lowest BCUT2D eigenvalue weighted by Gasteiger charge is -2.15. The van der Waals surface area contributed by atoms with E-state index >= 15 is 0 Å². The highest BCUT2D eigenvalue weighted by atomic mass is 79.9. The second-order valence-electron chi connectivity index (χ2n) is 8.03. The number of rotatable bonds is 6. The number of nitrogens with zero attached hydrogens (tertiary/aromatic N) is 5. The number of aromatic nitrogens is 5. The van der Waals surface area contributed by atoms with Gasteiger partial charge in [0, 0.05) is 24.6 Å². The van der Waals surface area contributed by atoms with Crippen LogP contribution in [0.25, 0.3) is 16.9 Å². The molecule has 3 aromatic heterocycles. The van der Waals surface area contributed by atoms with Gasteiger partial charge in [-0.05, 0) is 47.5 Å². The Bertz CT molecular complexity index is 1380. The molecule has 0 bridgehead atoms. The number of oxazole rings is 1. The summed E-state index contributed by atoms with van der Waals surface area (Å²) in [5, 5.41) is 0. The van der Waals surface area contributed by atoms with Gasteiger partial charge in [0.15, 0.2) is 5.89 Å². The minimum atomic E-state index is -0.270. The normalized spacial score (nSPS) is 11.2. The fraction of sp³-hybridized carbons (Fsp3) is 0.292. The fourth-order valence-corrected chi connectivity index (χ4v) is 3.80. The van der Waals surface area contributed by atoms with Gasteiger partial charge in [0.2, 0.25) is 5.88 Å². The second-order valence-corrected chi connectivity index (χ2v) is 8.82. The first kappa shape index (κ1) is 22.8. The summed E-state index contributed by atoms with van der Waals surface area (Å²) >= 11 is 3.36. The third-order valence-electron chi connectivity index (χ3n) is 5.07. The Morgan fingerprint density at radius 2 is 1.94 bits per heavy atom. The smallest absolute Gasteiger partial charge is 0.276 e. The molecule has 0 radical (unpaired) electrons. The summed E-state index contributed by atoms with van der Waals surface area (Å²) in [4.78, 5) is 31.1. The lowest BCUT2D eigenvalue weighted by atomic mass is 10.1. The highest BCUT2D eigenvalue weighted by Gasteiger charge is 2.17. The summed E-state index contributed by atoms with van der Waals surface area (Å²) in [5.41, 5.74) is 3.75. The van der Waals surface area contributed by atoms with Crippen LogP contribution >= 0.6 is 15.9 Å².